The molecule has 5 atom stereocenters. The Kier molecular flexibility index (Phi) is 7.00. The number of nitrogens with zero attached hydrogens (tertiary/aromatic N) is 4. The van der Waals surface area contributed by atoms with Crippen molar-refractivity contribution in [1.29, 1.82) is 0 Å². The second-order valence-electron chi connectivity index (χ2n) is 5.40. The van der Waals surface area contributed by atoms with Crippen LogP contribution >= 0.6 is 15.6 Å². The van der Waals surface area contributed by atoms with E-state index in [4.69, 9.17) is 10.5 Å². The maximum absolute atomic E-state index is 11.3. The van der Waals surface area contributed by atoms with E-state index in [2.05, 4.69) is 23.8 Å². The number of anilines is 1. The minimum Gasteiger partial charge on any atom is -0.790 e. The zero-order chi connectivity index (χ0) is 20.0. The SMILES string of the molecule is Nc1ncnc2c1ncn2[C@@H]1O[C@H](COP(=O)([O-])OP(=O)([O-])[O-])[C@@H](O)[C@H]1O.[Cr+3]. The first-order valence-electron chi connectivity index (χ1n) is 7.12. The van der Waals surface area contributed by atoms with Crippen LogP contribution in [0.15, 0.2) is 12.7 Å². The Labute approximate surface area is 167 Å². The van der Waals surface area contributed by atoms with E-state index in [1.807, 2.05) is 0 Å². The van der Waals surface area contributed by atoms with Crippen LogP contribution in [-0.4, -0.2) is 54.7 Å². The number of rotatable bonds is 6. The summed E-state index contributed by atoms with van der Waals surface area (Å²) in [6, 6.07) is 0. The fraction of sp³-hybridized carbons (Fsp3) is 0.500. The molecule has 1 saturated heterocycles. The van der Waals surface area contributed by atoms with Gasteiger partial charge in [0.05, 0.1) is 20.8 Å². The van der Waals surface area contributed by atoms with E-state index in [1.54, 1.807) is 0 Å². The van der Waals surface area contributed by atoms with Crippen LogP contribution in [-0.2, 0) is 40.1 Å². The summed E-state index contributed by atoms with van der Waals surface area (Å²) in [6.07, 6.45) is -3.48. The third kappa shape index (κ3) is 4.95. The van der Waals surface area contributed by atoms with Gasteiger partial charge in [-0.25, -0.2) is 15.0 Å². The Morgan fingerprint density at radius 3 is 2.54 bits per heavy atom. The largest absolute Gasteiger partial charge is 3.00 e. The molecule has 0 spiro atoms. The molecule has 153 valence electrons. The number of nitrogens with two attached hydrogens (primary N) is 1. The molecule has 0 amide bonds. The Morgan fingerprint density at radius 2 is 1.89 bits per heavy atom. The van der Waals surface area contributed by atoms with Gasteiger partial charge in [-0.3, -0.25) is 13.4 Å². The Hall–Kier alpha value is -0.978. The van der Waals surface area contributed by atoms with Crippen molar-refractivity contribution in [2.45, 2.75) is 24.5 Å². The molecular formula is C10H12CrN5O10P2. The Morgan fingerprint density at radius 1 is 1.21 bits per heavy atom. The average Bonchev–Trinajstić information content (AvgIpc) is 3.07. The van der Waals surface area contributed by atoms with Crippen LogP contribution < -0.4 is 20.4 Å². The van der Waals surface area contributed by atoms with Gasteiger partial charge in [-0.1, -0.05) is 0 Å². The summed E-state index contributed by atoms with van der Waals surface area (Å²) >= 11 is 0. The molecule has 1 aliphatic heterocycles. The molecule has 3 heterocycles. The Balaban J connectivity index is 0.00000280. The summed E-state index contributed by atoms with van der Waals surface area (Å²) in [4.78, 5) is 43.7. The summed E-state index contributed by atoms with van der Waals surface area (Å²) < 4.78 is 35.7. The van der Waals surface area contributed by atoms with E-state index in [9.17, 15) is 34.0 Å². The zero-order valence-electron chi connectivity index (χ0n) is 13.5. The molecule has 4 N–H and O–H groups in total. The molecule has 15 nitrogen and oxygen atoms in total. The molecular weight excluding hydrogens is 464 g/mol. The topological polar surface area (TPSA) is 241 Å². The molecule has 0 bridgehead atoms. The molecule has 1 radical (unpaired) electrons. The Bertz CT molecular complexity index is 938. The molecule has 0 saturated carbocycles. The van der Waals surface area contributed by atoms with Crippen LogP contribution in [0.1, 0.15) is 6.23 Å². The first kappa shape index (κ1) is 23.3. The molecule has 3 rings (SSSR count). The van der Waals surface area contributed by atoms with Crippen molar-refractivity contribution in [2.75, 3.05) is 12.3 Å². The average molecular weight is 476 g/mol. The van der Waals surface area contributed by atoms with Gasteiger partial charge in [-0.05, 0) is 0 Å². The number of aliphatic hydroxyl groups excluding tert-OH is 2. The molecule has 1 unspecified atom stereocenters. The number of imidazole rings is 1. The monoisotopic (exact) mass is 476 g/mol. The zero-order valence-corrected chi connectivity index (χ0v) is 16.6. The minimum absolute atomic E-state index is 0. The summed E-state index contributed by atoms with van der Waals surface area (Å²) in [7, 11) is -11.4. The van der Waals surface area contributed by atoms with Gasteiger partial charge in [0.15, 0.2) is 17.7 Å². The number of nitrogen functional groups attached to an aromatic ring is 1. The van der Waals surface area contributed by atoms with E-state index < -0.39 is 46.8 Å². The molecule has 2 aromatic rings. The van der Waals surface area contributed by atoms with Gasteiger partial charge in [0, 0.05) is 0 Å². The molecule has 0 aliphatic carbocycles. The van der Waals surface area contributed by atoms with Crippen molar-refractivity contribution in [3.05, 3.63) is 12.7 Å². The standard InChI is InChI=1S/C10H15N5O10P2.Cr/c11-8-5-9(13-2-12-8)15(3-14-5)10-7(17)6(16)4(24-10)1-23-27(21,22)25-26(18,19)20;/h2-4,6-7,10,16-17H,1H2,(H,21,22)(H2,11,12,13)(H2,18,19,20);/q;+3/p-3/t4-,6-,7-,10-;/m1./s1. The van der Waals surface area contributed by atoms with Gasteiger partial charge in [0.25, 0.3) is 7.82 Å². The number of aromatic nitrogens is 4. The van der Waals surface area contributed by atoms with Crippen molar-refractivity contribution < 1.29 is 65.0 Å². The number of hydrogen-bond donors (Lipinski definition) is 3. The van der Waals surface area contributed by atoms with E-state index in [0.717, 1.165) is 6.33 Å². The van der Waals surface area contributed by atoms with Gasteiger partial charge in [-0.2, -0.15) is 0 Å². The number of ether oxygens (including phenoxy) is 1. The van der Waals surface area contributed by atoms with Crippen LogP contribution in [0.25, 0.3) is 11.2 Å². The van der Waals surface area contributed by atoms with Gasteiger partial charge < -0.3 is 44.5 Å². The number of hydrogen-bond acceptors (Lipinski definition) is 14. The summed E-state index contributed by atoms with van der Waals surface area (Å²) in [6.45, 7) is -0.931. The van der Waals surface area contributed by atoms with Gasteiger partial charge in [-0.15, -0.1) is 0 Å². The van der Waals surface area contributed by atoms with Crippen LogP contribution in [0.3, 0.4) is 0 Å². The van der Waals surface area contributed by atoms with Crippen LogP contribution in [0.5, 0.6) is 0 Å². The molecule has 18 heteroatoms. The number of phosphoric ester groups is 1. The van der Waals surface area contributed by atoms with E-state index in [1.165, 1.54) is 10.9 Å². The number of phosphoric acid groups is 2. The smallest absolute Gasteiger partial charge is 0.790 e. The molecule has 28 heavy (non-hydrogen) atoms. The maximum atomic E-state index is 11.3. The summed E-state index contributed by atoms with van der Waals surface area (Å²) in [5.41, 5.74) is 6.04. The summed E-state index contributed by atoms with van der Waals surface area (Å²) in [5.74, 6) is 0.0655. The van der Waals surface area contributed by atoms with Crippen LogP contribution in [0, 0.1) is 0 Å². The number of aliphatic hydroxyl groups is 2. The normalized spacial score (nSPS) is 27.5. The van der Waals surface area contributed by atoms with Crippen molar-refractivity contribution in [1.82, 2.24) is 19.5 Å². The van der Waals surface area contributed by atoms with Crippen molar-refractivity contribution >= 4 is 32.6 Å². The molecule has 2 aromatic heterocycles. The molecule has 1 aliphatic rings. The third-order valence-corrected chi connectivity index (χ3v) is 5.66. The van der Waals surface area contributed by atoms with Crippen LogP contribution in [0.2, 0.25) is 0 Å². The van der Waals surface area contributed by atoms with E-state index >= 15 is 0 Å². The van der Waals surface area contributed by atoms with Gasteiger partial charge in [0.2, 0.25) is 0 Å². The van der Waals surface area contributed by atoms with E-state index in [0.29, 0.717) is 0 Å². The predicted molar refractivity (Wildman–Crippen MR) is 77.9 cm³/mol. The summed E-state index contributed by atoms with van der Waals surface area (Å²) in [5, 5.41) is 20.2. The third-order valence-electron chi connectivity index (χ3n) is 3.60. The first-order chi connectivity index (χ1) is 12.5. The quantitative estimate of drug-likeness (QED) is 0.341. The minimum atomic E-state index is -5.85. The fourth-order valence-electron chi connectivity index (χ4n) is 2.46. The predicted octanol–water partition coefficient (Wildman–Crippen LogP) is -3.64. The first-order valence-corrected chi connectivity index (χ1v) is 10.0. The van der Waals surface area contributed by atoms with Gasteiger partial charge in [0.1, 0.15) is 30.2 Å². The van der Waals surface area contributed by atoms with Gasteiger partial charge >= 0.3 is 17.4 Å². The second-order valence-corrected chi connectivity index (χ2v) is 8.10. The molecule has 1 fully saturated rings. The maximum Gasteiger partial charge on any atom is 3.00 e. The number of fused-ring (bicyclic) bond motifs is 1. The van der Waals surface area contributed by atoms with Crippen LogP contribution in [0.4, 0.5) is 5.82 Å². The van der Waals surface area contributed by atoms with Crippen molar-refractivity contribution in [2.24, 2.45) is 0 Å². The second kappa shape index (κ2) is 8.41. The fourth-order valence-corrected chi connectivity index (χ4v) is 3.96. The van der Waals surface area contributed by atoms with Crippen molar-refractivity contribution in [3.63, 3.8) is 0 Å². The van der Waals surface area contributed by atoms with E-state index in [-0.39, 0.29) is 34.3 Å². The molecule has 0 aromatic carbocycles. The van der Waals surface area contributed by atoms with Crippen molar-refractivity contribution in [3.8, 4) is 0 Å².